The van der Waals surface area contributed by atoms with Crippen LogP contribution in [0.3, 0.4) is 0 Å². The molecule has 0 aliphatic rings. The predicted octanol–water partition coefficient (Wildman–Crippen LogP) is 5.05. The largest absolute Gasteiger partial charge is 0.305 e. The summed E-state index contributed by atoms with van der Waals surface area (Å²) in [6, 6.07) is 5.95. The normalized spacial score (nSPS) is 10.9. The van der Waals surface area contributed by atoms with Crippen molar-refractivity contribution in [1.29, 1.82) is 0 Å². The van der Waals surface area contributed by atoms with Gasteiger partial charge in [0, 0.05) is 18.3 Å². The number of anilines is 1. The second-order valence-electron chi connectivity index (χ2n) is 5.40. The molecule has 1 amide bonds. The molecule has 0 fully saturated rings. The van der Waals surface area contributed by atoms with Gasteiger partial charge in [0.05, 0.1) is 27.7 Å². The molecule has 1 aromatic heterocycles. The lowest BCUT2D eigenvalue weighted by Crippen LogP contribution is -2.14. The zero-order valence-corrected chi connectivity index (χ0v) is 14.8. The molecule has 0 unspecified atom stereocenters. The standard InChI is InChI=1S/C17H9Cl2F4N3O/c18-10-3-1-2-8(14(10)19)17(27)24-13-4-5-26(25-13)7-9-15(22)11(20)6-12(21)16(9)23/h1-6H,7H2,(H,24,25,27). The molecule has 27 heavy (non-hydrogen) atoms. The fraction of sp³-hybridized carbons (Fsp3) is 0.0588. The van der Waals surface area contributed by atoms with Gasteiger partial charge in [-0.05, 0) is 12.1 Å². The first-order valence-electron chi connectivity index (χ1n) is 7.38. The molecule has 0 aliphatic carbocycles. The molecule has 0 saturated carbocycles. The van der Waals surface area contributed by atoms with Crippen molar-refractivity contribution in [1.82, 2.24) is 9.78 Å². The molecule has 3 aromatic rings. The van der Waals surface area contributed by atoms with E-state index in [2.05, 4.69) is 10.4 Å². The molecule has 2 aromatic carbocycles. The van der Waals surface area contributed by atoms with Gasteiger partial charge in [0.15, 0.2) is 29.1 Å². The molecule has 0 aliphatic heterocycles. The van der Waals surface area contributed by atoms with Crippen molar-refractivity contribution in [2.24, 2.45) is 0 Å². The fourth-order valence-corrected chi connectivity index (χ4v) is 2.69. The first-order valence-corrected chi connectivity index (χ1v) is 8.14. The average Bonchev–Trinajstić information content (AvgIpc) is 3.06. The molecule has 4 nitrogen and oxygen atoms in total. The lowest BCUT2D eigenvalue weighted by Gasteiger charge is -2.07. The highest BCUT2D eigenvalue weighted by Gasteiger charge is 2.20. The van der Waals surface area contributed by atoms with E-state index in [0.29, 0.717) is 0 Å². The van der Waals surface area contributed by atoms with E-state index < -0.39 is 41.3 Å². The van der Waals surface area contributed by atoms with Crippen molar-refractivity contribution in [3.05, 3.63) is 81.0 Å². The maximum absolute atomic E-state index is 13.7. The number of benzene rings is 2. The third-order valence-electron chi connectivity index (χ3n) is 3.60. The molecule has 3 rings (SSSR count). The molecule has 0 radical (unpaired) electrons. The Morgan fingerprint density at radius 1 is 1.07 bits per heavy atom. The van der Waals surface area contributed by atoms with Crippen LogP contribution in [0, 0.1) is 23.3 Å². The SMILES string of the molecule is O=C(Nc1ccn(Cc2c(F)c(F)cc(F)c2F)n1)c1cccc(Cl)c1Cl. The van der Waals surface area contributed by atoms with E-state index in [1.807, 2.05) is 0 Å². The van der Waals surface area contributed by atoms with Crippen LogP contribution in [-0.2, 0) is 6.54 Å². The quantitative estimate of drug-likeness (QED) is 0.477. The van der Waals surface area contributed by atoms with Crippen molar-refractivity contribution in [3.63, 3.8) is 0 Å². The highest BCUT2D eigenvalue weighted by molar-refractivity contribution is 6.44. The molecule has 10 heteroatoms. The third kappa shape index (κ3) is 3.91. The van der Waals surface area contributed by atoms with E-state index >= 15 is 0 Å². The first kappa shape index (κ1) is 19.2. The Morgan fingerprint density at radius 2 is 1.74 bits per heavy atom. The number of nitrogens with one attached hydrogen (secondary N) is 1. The van der Waals surface area contributed by atoms with Gasteiger partial charge in [-0.1, -0.05) is 29.3 Å². The number of amides is 1. The van der Waals surface area contributed by atoms with Crippen molar-refractivity contribution in [3.8, 4) is 0 Å². The van der Waals surface area contributed by atoms with E-state index in [1.54, 1.807) is 0 Å². The van der Waals surface area contributed by atoms with E-state index in [4.69, 9.17) is 23.2 Å². The number of nitrogens with zero attached hydrogens (tertiary/aromatic N) is 2. The lowest BCUT2D eigenvalue weighted by atomic mass is 10.2. The van der Waals surface area contributed by atoms with Gasteiger partial charge >= 0.3 is 0 Å². The predicted molar refractivity (Wildman–Crippen MR) is 92.0 cm³/mol. The van der Waals surface area contributed by atoms with Crippen LogP contribution in [0.15, 0.2) is 36.5 Å². The molecular formula is C17H9Cl2F4N3O. The van der Waals surface area contributed by atoms with Crippen molar-refractivity contribution in [2.45, 2.75) is 6.54 Å². The Kier molecular flexibility index (Phi) is 5.38. The minimum absolute atomic E-state index is 0.0359. The van der Waals surface area contributed by atoms with Crippen LogP contribution in [0.2, 0.25) is 10.0 Å². The van der Waals surface area contributed by atoms with Gasteiger partial charge in [-0.2, -0.15) is 5.10 Å². The molecule has 1 N–H and O–H groups in total. The van der Waals surface area contributed by atoms with E-state index in [0.717, 1.165) is 4.68 Å². The summed E-state index contributed by atoms with van der Waals surface area (Å²) in [4.78, 5) is 12.2. The van der Waals surface area contributed by atoms with Gasteiger partial charge in [-0.3, -0.25) is 9.48 Å². The summed E-state index contributed by atoms with van der Waals surface area (Å²) in [5.74, 6) is -6.63. The maximum Gasteiger partial charge on any atom is 0.258 e. The second kappa shape index (κ2) is 7.58. The zero-order chi connectivity index (χ0) is 19.7. The van der Waals surface area contributed by atoms with Gasteiger partial charge in [0.1, 0.15) is 0 Å². The Hall–Kier alpha value is -2.58. The highest BCUT2D eigenvalue weighted by Crippen LogP contribution is 2.26. The van der Waals surface area contributed by atoms with E-state index in [9.17, 15) is 22.4 Å². The number of halogens is 6. The minimum Gasteiger partial charge on any atom is -0.305 e. The van der Waals surface area contributed by atoms with Crippen LogP contribution in [0.4, 0.5) is 23.4 Å². The number of hydrogen-bond donors (Lipinski definition) is 1. The first-order chi connectivity index (χ1) is 12.8. The van der Waals surface area contributed by atoms with Crippen LogP contribution >= 0.6 is 23.2 Å². The van der Waals surface area contributed by atoms with Crippen molar-refractivity contribution < 1.29 is 22.4 Å². The van der Waals surface area contributed by atoms with Gasteiger partial charge < -0.3 is 5.32 Å². The monoisotopic (exact) mass is 417 g/mol. The summed E-state index contributed by atoms with van der Waals surface area (Å²) in [6.45, 7) is -0.583. The Morgan fingerprint density at radius 3 is 2.41 bits per heavy atom. The summed E-state index contributed by atoms with van der Waals surface area (Å²) < 4.78 is 55.0. The Bertz CT molecular complexity index is 1010. The third-order valence-corrected chi connectivity index (χ3v) is 4.42. The van der Waals surface area contributed by atoms with Crippen LogP contribution in [-0.4, -0.2) is 15.7 Å². The van der Waals surface area contributed by atoms with Crippen molar-refractivity contribution in [2.75, 3.05) is 5.32 Å². The minimum atomic E-state index is -1.51. The smallest absolute Gasteiger partial charge is 0.258 e. The molecular weight excluding hydrogens is 409 g/mol. The van der Waals surface area contributed by atoms with Gasteiger partial charge in [0.25, 0.3) is 5.91 Å². The topological polar surface area (TPSA) is 46.9 Å². The Balaban J connectivity index is 1.80. The summed E-state index contributed by atoms with van der Waals surface area (Å²) in [5.41, 5.74) is -0.727. The molecule has 0 saturated heterocycles. The van der Waals surface area contributed by atoms with Gasteiger partial charge in [-0.25, -0.2) is 17.6 Å². The number of rotatable bonds is 4. The fourth-order valence-electron chi connectivity index (χ4n) is 2.30. The summed E-state index contributed by atoms with van der Waals surface area (Å²) in [6.07, 6.45) is 1.27. The van der Waals surface area contributed by atoms with Crippen LogP contribution in [0.1, 0.15) is 15.9 Å². The van der Waals surface area contributed by atoms with Gasteiger partial charge in [-0.15, -0.1) is 0 Å². The lowest BCUT2D eigenvalue weighted by molar-refractivity contribution is 0.102. The number of aromatic nitrogens is 2. The van der Waals surface area contributed by atoms with Gasteiger partial charge in [0.2, 0.25) is 0 Å². The van der Waals surface area contributed by atoms with Crippen LogP contribution in [0.5, 0.6) is 0 Å². The summed E-state index contributed by atoms with van der Waals surface area (Å²) in [5, 5.41) is 6.57. The van der Waals surface area contributed by atoms with E-state index in [-0.39, 0.29) is 27.5 Å². The number of hydrogen-bond acceptors (Lipinski definition) is 2. The highest BCUT2D eigenvalue weighted by atomic mass is 35.5. The van der Waals surface area contributed by atoms with E-state index in [1.165, 1.54) is 30.5 Å². The molecule has 1 heterocycles. The number of carbonyl (C=O) groups excluding carboxylic acids is 1. The van der Waals surface area contributed by atoms with Crippen LogP contribution in [0.25, 0.3) is 0 Å². The molecule has 0 bridgehead atoms. The Labute approximate surface area is 160 Å². The number of carbonyl (C=O) groups is 1. The average molecular weight is 418 g/mol. The molecule has 0 spiro atoms. The molecule has 0 atom stereocenters. The molecule has 140 valence electrons. The van der Waals surface area contributed by atoms with Crippen molar-refractivity contribution >= 4 is 34.9 Å². The maximum atomic E-state index is 13.7. The summed E-state index contributed by atoms with van der Waals surface area (Å²) in [7, 11) is 0. The van der Waals surface area contributed by atoms with Crippen LogP contribution < -0.4 is 5.32 Å². The summed E-state index contributed by atoms with van der Waals surface area (Å²) >= 11 is 11.8. The second-order valence-corrected chi connectivity index (χ2v) is 6.19. The zero-order valence-electron chi connectivity index (χ0n) is 13.2.